The molecular formula is C106H92BCl3N4O6P4Pd. The summed E-state index contributed by atoms with van der Waals surface area (Å²) in [6, 6.07) is 154. The Kier molecular flexibility index (Phi) is 37.8. The minimum atomic E-state index is -1.40. The fraction of sp³-hybridized carbons (Fsp3) is 0.0566. The second-order valence-corrected chi connectivity index (χ2v) is 38.0. The first-order chi connectivity index (χ1) is 60.7. The molecule has 0 fully saturated rings. The van der Waals surface area contributed by atoms with Crippen molar-refractivity contribution in [1.29, 1.82) is 0 Å². The van der Waals surface area contributed by atoms with Crippen molar-refractivity contribution >= 4 is 177 Å². The van der Waals surface area contributed by atoms with E-state index in [1.807, 2.05) is 36.4 Å². The molecule has 626 valence electrons. The van der Waals surface area contributed by atoms with Gasteiger partial charge in [0.25, 0.3) is 0 Å². The van der Waals surface area contributed by atoms with Gasteiger partial charge in [-0.2, -0.15) is 0 Å². The van der Waals surface area contributed by atoms with Crippen LogP contribution in [0, 0.1) is 0 Å². The van der Waals surface area contributed by atoms with Gasteiger partial charge in [0.2, 0.25) is 11.8 Å². The average Bonchev–Trinajstić information content (AvgIpc) is 1.67. The van der Waals surface area contributed by atoms with Crippen LogP contribution in [-0.2, 0) is 36.6 Å². The predicted molar refractivity (Wildman–Crippen MR) is 533 cm³/mol. The smallest absolute Gasteiger partial charge is 0.488 e. The van der Waals surface area contributed by atoms with Gasteiger partial charge >= 0.3 is 7.12 Å². The van der Waals surface area contributed by atoms with Crippen LogP contribution >= 0.6 is 66.5 Å². The summed E-state index contributed by atoms with van der Waals surface area (Å²) in [7, 11) is 1.81. The minimum absolute atomic E-state index is 0. The number of likely N-dealkylation sites (N-methyl/N-ethyl adjacent to an activating group) is 2. The molecule has 0 spiro atoms. The Morgan fingerprint density at radius 2 is 0.568 bits per heavy atom. The van der Waals surface area contributed by atoms with Crippen LogP contribution in [0.15, 0.2) is 459 Å². The molecule has 0 saturated heterocycles. The fourth-order valence-electron chi connectivity index (χ4n) is 13.4. The first-order valence-corrected chi connectivity index (χ1v) is 46.6. The topological polar surface area (TPSA) is 135 Å². The molecule has 0 aromatic heterocycles. The van der Waals surface area contributed by atoms with Crippen molar-refractivity contribution in [2.24, 2.45) is 9.98 Å². The van der Waals surface area contributed by atoms with Crippen LogP contribution in [0.2, 0.25) is 10.0 Å². The molecule has 3 N–H and O–H groups in total. The number of carbonyl (C=O) groups excluding carboxylic acids is 2. The van der Waals surface area contributed by atoms with E-state index in [0.717, 1.165) is 33.8 Å². The molecule has 2 heterocycles. The Bertz CT molecular complexity index is 5140. The van der Waals surface area contributed by atoms with Crippen LogP contribution in [0.3, 0.4) is 0 Å². The number of anilines is 2. The van der Waals surface area contributed by atoms with E-state index in [4.69, 9.17) is 54.7 Å². The van der Waals surface area contributed by atoms with Crippen LogP contribution in [0.1, 0.15) is 22.3 Å². The van der Waals surface area contributed by atoms with Crippen LogP contribution in [-0.4, -0.2) is 79.3 Å². The molecule has 2 aliphatic rings. The van der Waals surface area contributed by atoms with E-state index in [0.29, 0.717) is 32.0 Å². The molecule has 0 saturated carbocycles. The maximum Gasteiger partial charge on any atom is 0.488 e. The third-order valence-electron chi connectivity index (χ3n) is 19.6. The molecule has 0 radical (unpaired) electrons. The molecular weight excluding hydrogens is 1770 g/mol. The number of benzene rings is 16. The largest absolute Gasteiger partial charge is 0.497 e. The van der Waals surface area contributed by atoms with Gasteiger partial charge in [-0.1, -0.05) is 435 Å². The molecule has 10 nitrogen and oxygen atoms in total. The van der Waals surface area contributed by atoms with Crippen molar-refractivity contribution in [1.82, 2.24) is 0 Å². The van der Waals surface area contributed by atoms with E-state index in [2.05, 4.69) is 374 Å². The molecule has 125 heavy (non-hydrogen) atoms. The minimum Gasteiger partial charge on any atom is -0.497 e. The Morgan fingerprint density at radius 1 is 0.328 bits per heavy atom. The molecule has 0 bridgehead atoms. The number of benzodiazepines with no additional fused rings is 2. The predicted octanol–water partition coefficient (Wildman–Crippen LogP) is 18.1. The number of nitrogens with zero attached hydrogens (tertiary/aromatic N) is 4. The van der Waals surface area contributed by atoms with E-state index in [1.54, 1.807) is 74.6 Å². The summed E-state index contributed by atoms with van der Waals surface area (Å²) in [5, 5.41) is 44.8. The van der Waals surface area contributed by atoms with Crippen molar-refractivity contribution in [3.63, 3.8) is 0 Å². The van der Waals surface area contributed by atoms with E-state index < -0.39 is 38.8 Å². The SMILES string of the molecule is CN1C(=O)CN=C(Cl)c2cc(Cl)ccc21.CN1C(=O)CN=C(c2ccc(CO)cc2)c2cc(Cl)ccc21.COc1ccc(B(O)O)cc1.[Pd].c1ccc(P(c2ccccc2)c2ccccc2)cc1.c1ccc(P(c2ccccc2)c2ccccc2)cc1.c1ccc(P(c2ccccc2)c2ccccc2)cc1.c1ccc(P(c2ccccc2)c2ccccc2)cc1. The third-order valence-corrected chi connectivity index (χ3v) is 30.2. The Morgan fingerprint density at radius 3 is 0.808 bits per heavy atom. The molecule has 0 unspecified atom stereocenters. The standard InChI is InChI=1S/4C18H15P.C17H15ClN2O2.C10H8Cl2N2O.C7H9BO3.Pd/c4*1-4-10-16(11-5-1)19(17-12-6-2-7-13-17)18-14-8-3-9-15-18;1-20-15-7-6-13(18)8-14(15)17(19-9-16(20)22)12-4-2-11(10-21)3-5-12;1-14-8-3-2-6(11)4-7(8)10(12)13-5-9(14)15;1-11-7-4-2-6(3-5-7)8(9)10;/h4*1-15H;2-8,21H,9-10H2,1H3;2-4H,5H2,1H3;2-5,9-10H,1H3;. The molecule has 19 heteroatoms. The van der Waals surface area contributed by atoms with Gasteiger partial charge in [0.05, 0.1) is 30.8 Å². The molecule has 0 aliphatic carbocycles. The van der Waals surface area contributed by atoms with Crippen molar-refractivity contribution in [3.05, 3.63) is 481 Å². The molecule has 2 aliphatic heterocycles. The number of halogens is 3. The Hall–Kier alpha value is -11.2. The number of carbonyl (C=O) groups is 2. The van der Waals surface area contributed by atoms with E-state index in [9.17, 15) is 9.59 Å². The summed E-state index contributed by atoms with van der Waals surface area (Å²) >= 11 is 18.0. The van der Waals surface area contributed by atoms with Gasteiger partial charge in [-0.15, -0.1) is 0 Å². The number of aliphatic hydroxyl groups is 1. The van der Waals surface area contributed by atoms with E-state index >= 15 is 0 Å². The number of fused-ring (bicyclic) bond motifs is 2. The van der Waals surface area contributed by atoms with Crippen molar-refractivity contribution < 1.29 is 49.9 Å². The van der Waals surface area contributed by atoms with Gasteiger partial charge in [-0.05, 0) is 155 Å². The van der Waals surface area contributed by atoms with Crippen molar-refractivity contribution in [2.45, 2.75) is 6.61 Å². The average molecular weight is 1870 g/mol. The summed E-state index contributed by atoms with van der Waals surface area (Å²) in [4.78, 5) is 35.2. The first kappa shape index (κ1) is 94.5. The molecule has 18 rings (SSSR count). The second kappa shape index (κ2) is 50.1. The van der Waals surface area contributed by atoms with Gasteiger partial charge in [-0.3, -0.25) is 19.6 Å². The van der Waals surface area contributed by atoms with Gasteiger partial charge < -0.3 is 29.7 Å². The molecule has 16 aromatic carbocycles. The number of hydrogen-bond acceptors (Lipinski definition) is 8. The van der Waals surface area contributed by atoms with Crippen molar-refractivity contribution in [3.8, 4) is 5.75 Å². The number of amides is 2. The van der Waals surface area contributed by atoms with Gasteiger partial charge in [0.1, 0.15) is 24.0 Å². The van der Waals surface area contributed by atoms with Crippen LogP contribution < -0.4 is 83.7 Å². The third kappa shape index (κ3) is 27.4. The van der Waals surface area contributed by atoms with Crippen LogP contribution in [0.4, 0.5) is 11.4 Å². The number of aliphatic imine (C=N–C) groups is 2. The quantitative estimate of drug-likeness (QED) is 0.0651. The summed E-state index contributed by atoms with van der Waals surface area (Å²) in [5.74, 6) is 0.550. The molecule has 16 aromatic rings. The van der Waals surface area contributed by atoms with Gasteiger partial charge in [-0.25, -0.2) is 0 Å². The maximum atomic E-state index is 12.1. The summed E-state index contributed by atoms with van der Waals surface area (Å²) in [6.45, 7) is 0.165. The van der Waals surface area contributed by atoms with Crippen LogP contribution in [0.25, 0.3) is 0 Å². The Balaban J connectivity index is 0.000000143. The van der Waals surface area contributed by atoms with E-state index in [1.165, 1.54) is 68.6 Å². The zero-order chi connectivity index (χ0) is 86.6. The number of aliphatic hydroxyl groups excluding tert-OH is 1. The summed E-state index contributed by atoms with van der Waals surface area (Å²) in [6.07, 6.45) is 0. The zero-order valence-electron chi connectivity index (χ0n) is 69.0. The fourth-order valence-corrected chi connectivity index (χ4v) is 23.2. The van der Waals surface area contributed by atoms with Gasteiger partial charge in [0.15, 0.2) is 0 Å². The Labute approximate surface area is 768 Å². The molecule has 2 amide bonds. The monoisotopic (exact) mass is 1860 g/mol. The van der Waals surface area contributed by atoms with Gasteiger partial charge in [0, 0.05) is 61.3 Å². The molecule has 0 atom stereocenters. The second-order valence-electron chi connectivity index (χ2n) is 27.9. The van der Waals surface area contributed by atoms with Crippen molar-refractivity contribution in [2.75, 3.05) is 44.1 Å². The normalized spacial score (nSPS) is 11.7. The summed E-state index contributed by atoms with van der Waals surface area (Å²) in [5.41, 5.74) is 5.97. The van der Waals surface area contributed by atoms with E-state index in [-0.39, 0.29) is 51.9 Å². The number of hydrogen-bond donors (Lipinski definition) is 3. The first-order valence-electron chi connectivity index (χ1n) is 40.1. The summed E-state index contributed by atoms with van der Waals surface area (Å²) < 4.78 is 4.89. The zero-order valence-corrected chi connectivity index (χ0v) is 76.4. The maximum absolute atomic E-state index is 12.1. The number of methoxy groups -OCH3 is 1. The number of rotatable bonds is 16. The van der Waals surface area contributed by atoms with Crippen LogP contribution in [0.5, 0.6) is 5.75 Å². The number of ether oxygens (including phenoxy) is 1.